The monoisotopic (exact) mass is 249 g/mol. The van der Waals surface area contributed by atoms with Crippen molar-refractivity contribution in [1.82, 2.24) is 5.32 Å². The molecule has 3 nitrogen and oxygen atoms in total. The van der Waals surface area contributed by atoms with Gasteiger partial charge in [0, 0.05) is 11.5 Å². The van der Waals surface area contributed by atoms with Crippen LogP contribution < -0.4 is 11.1 Å². The number of nitrogens with zero attached hydrogens (tertiary/aromatic N) is 1. The zero-order chi connectivity index (χ0) is 13.3. The van der Waals surface area contributed by atoms with Gasteiger partial charge >= 0.3 is 0 Å². The van der Waals surface area contributed by atoms with Crippen LogP contribution in [0.5, 0.6) is 0 Å². The van der Waals surface area contributed by atoms with Crippen molar-refractivity contribution in [3.8, 4) is 0 Å². The molecule has 0 aliphatic heterocycles. The van der Waals surface area contributed by atoms with E-state index in [9.17, 15) is 4.39 Å². The molecule has 2 rings (SSSR count). The van der Waals surface area contributed by atoms with Gasteiger partial charge < -0.3 is 11.1 Å². The first-order valence-corrected chi connectivity index (χ1v) is 6.22. The molecule has 2 atom stereocenters. The van der Waals surface area contributed by atoms with Crippen molar-refractivity contribution in [3.63, 3.8) is 0 Å². The molecule has 98 valence electrons. The zero-order valence-electron chi connectivity index (χ0n) is 11.1. The largest absolute Gasteiger partial charge is 0.370 e. The SMILES string of the molecule is CC(C)(C)NC(N)=NC1CC1c1cccc(F)c1. The lowest BCUT2D eigenvalue weighted by molar-refractivity contribution is 0.508. The first-order chi connectivity index (χ1) is 8.35. The summed E-state index contributed by atoms with van der Waals surface area (Å²) >= 11 is 0. The minimum absolute atomic E-state index is 0.0865. The van der Waals surface area contributed by atoms with Gasteiger partial charge in [-0.25, -0.2) is 9.38 Å². The highest BCUT2D eigenvalue weighted by atomic mass is 19.1. The van der Waals surface area contributed by atoms with E-state index in [1.54, 1.807) is 12.1 Å². The Labute approximate surface area is 107 Å². The van der Waals surface area contributed by atoms with Gasteiger partial charge in [-0.3, -0.25) is 0 Å². The van der Waals surface area contributed by atoms with Gasteiger partial charge in [-0.15, -0.1) is 0 Å². The number of hydrogen-bond acceptors (Lipinski definition) is 1. The van der Waals surface area contributed by atoms with Crippen LogP contribution in [0, 0.1) is 5.82 Å². The van der Waals surface area contributed by atoms with E-state index >= 15 is 0 Å². The highest BCUT2D eigenvalue weighted by Crippen LogP contribution is 2.43. The second kappa shape index (κ2) is 4.59. The Kier molecular flexibility index (Phi) is 3.28. The number of nitrogens with two attached hydrogens (primary N) is 1. The standard InChI is InChI=1S/C14H20FN3/c1-14(2,3)18-13(16)17-12-8-11(12)9-5-4-6-10(15)7-9/h4-7,11-12H,8H2,1-3H3,(H3,16,17,18). The van der Waals surface area contributed by atoms with Gasteiger partial charge in [0.25, 0.3) is 0 Å². The molecule has 1 aliphatic rings. The first kappa shape index (κ1) is 12.9. The predicted octanol–water partition coefficient (Wildman–Crippen LogP) is 2.38. The number of aliphatic imine (C=N–C) groups is 1. The Morgan fingerprint density at radius 3 is 2.78 bits per heavy atom. The molecule has 0 radical (unpaired) electrons. The van der Waals surface area contributed by atoms with Gasteiger partial charge in [-0.05, 0) is 44.9 Å². The lowest BCUT2D eigenvalue weighted by Crippen LogP contribution is -2.45. The van der Waals surface area contributed by atoms with E-state index in [0.29, 0.717) is 11.9 Å². The lowest BCUT2D eigenvalue weighted by atomic mass is 10.1. The second-order valence-corrected chi connectivity index (χ2v) is 5.85. The van der Waals surface area contributed by atoms with Crippen LogP contribution >= 0.6 is 0 Å². The molecule has 0 heterocycles. The van der Waals surface area contributed by atoms with Gasteiger partial charge in [0.2, 0.25) is 0 Å². The Morgan fingerprint density at radius 1 is 1.44 bits per heavy atom. The van der Waals surface area contributed by atoms with E-state index in [2.05, 4.69) is 10.3 Å². The highest BCUT2D eigenvalue weighted by Gasteiger charge is 2.38. The van der Waals surface area contributed by atoms with Crippen LogP contribution in [0.1, 0.15) is 38.7 Å². The minimum Gasteiger partial charge on any atom is -0.370 e. The summed E-state index contributed by atoms with van der Waals surface area (Å²) in [6.07, 6.45) is 0.940. The fourth-order valence-electron chi connectivity index (χ4n) is 2.01. The van der Waals surface area contributed by atoms with Crippen LogP contribution in [0.3, 0.4) is 0 Å². The Morgan fingerprint density at radius 2 is 2.17 bits per heavy atom. The van der Waals surface area contributed by atoms with Gasteiger partial charge in [-0.2, -0.15) is 0 Å². The van der Waals surface area contributed by atoms with Crippen LogP contribution in [-0.2, 0) is 0 Å². The van der Waals surface area contributed by atoms with Crippen molar-refractivity contribution in [2.24, 2.45) is 10.7 Å². The smallest absolute Gasteiger partial charge is 0.189 e. The normalized spacial score (nSPS) is 23.9. The summed E-state index contributed by atoms with van der Waals surface area (Å²) in [4.78, 5) is 4.42. The Hall–Kier alpha value is -1.58. The third-order valence-electron chi connectivity index (χ3n) is 2.84. The molecule has 0 bridgehead atoms. The van der Waals surface area contributed by atoms with Crippen LogP contribution in [0.15, 0.2) is 29.3 Å². The number of benzene rings is 1. The van der Waals surface area contributed by atoms with Crippen molar-refractivity contribution < 1.29 is 4.39 Å². The zero-order valence-corrected chi connectivity index (χ0v) is 11.1. The summed E-state index contributed by atoms with van der Waals surface area (Å²) in [5, 5.41) is 3.13. The molecule has 2 unspecified atom stereocenters. The lowest BCUT2D eigenvalue weighted by Gasteiger charge is -2.21. The van der Waals surface area contributed by atoms with Crippen LogP contribution in [0.4, 0.5) is 4.39 Å². The summed E-state index contributed by atoms with van der Waals surface area (Å²) in [7, 11) is 0. The Bertz CT molecular complexity index is 462. The highest BCUT2D eigenvalue weighted by molar-refractivity contribution is 5.79. The molecule has 0 amide bonds. The average molecular weight is 249 g/mol. The van der Waals surface area contributed by atoms with Crippen LogP contribution in [0.2, 0.25) is 0 Å². The fraction of sp³-hybridized carbons (Fsp3) is 0.500. The molecule has 18 heavy (non-hydrogen) atoms. The summed E-state index contributed by atoms with van der Waals surface area (Å²) in [5.41, 5.74) is 6.76. The van der Waals surface area contributed by atoms with Gasteiger partial charge in [0.05, 0.1) is 6.04 Å². The molecule has 1 fully saturated rings. The molecule has 1 aromatic rings. The quantitative estimate of drug-likeness (QED) is 0.624. The average Bonchev–Trinajstić information content (AvgIpc) is 2.93. The molecular weight excluding hydrogens is 229 g/mol. The minimum atomic E-state index is -0.192. The van der Waals surface area contributed by atoms with Gasteiger partial charge in [0.15, 0.2) is 5.96 Å². The van der Waals surface area contributed by atoms with Crippen LogP contribution in [-0.4, -0.2) is 17.5 Å². The maximum Gasteiger partial charge on any atom is 0.189 e. The van der Waals surface area contributed by atoms with Crippen molar-refractivity contribution in [1.29, 1.82) is 0 Å². The third kappa shape index (κ3) is 3.45. The molecule has 4 heteroatoms. The van der Waals surface area contributed by atoms with Crippen LogP contribution in [0.25, 0.3) is 0 Å². The number of guanidine groups is 1. The van der Waals surface area contributed by atoms with Crippen molar-refractivity contribution >= 4 is 5.96 Å². The van der Waals surface area contributed by atoms with Crippen molar-refractivity contribution in [2.75, 3.05) is 0 Å². The van der Waals surface area contributed by atoms with Crippen molar-refractivity contribution in [3.05, 3.63) is 35.6 Å². The third-order valence-corrected chi connectivity index (χ3v) is 2.84. The maximum absolute atomic E-state index is 13.1. The van der Waals surface area contributed by atoms with E-state index in [4.69, 9.17) is 5.73 Å². The molecule has 1 aliphatic carbocycles. The van der Waals surface area contributed by atoms with Crippen molar-refractivity contribution in [2.45, 2.75) is 44.7 Å². The molecule has 3 N–H and O–H groups in total. The molecule has 1 aromatic carbocycles. The topological polar surface area (TPSA) is 50.4 Å². The maximum atomic E-state index is 13.1. The summed E-state index contributed by atoms with van der Waals surface area (Å²) in [6, 6.07) is 6.89. The fourth-order valence-corrected chi connectivity index (χ4v) is 2.01. The Balaban J connectivity index is 1.97. The van der Waals surface area contributed by atoms with E-state index in [0.717, 1.165) is 12.0 Å². The van der Waals surface area contributed by atoms with Gasteiger partial charge in [-0.1, -0.05) is 12.1 Å². The van der Waals surface area contributed by atoms with E-state index < -0.39 is 0 Å². The first-order valence-electron chi connectivity index (χ1n) is 6.22. The molecular formula is C14H20FN3. The molecule has 0 saturated heterocycles. The molecule has 0 spiro atoms. The molecule has 0 aromatic heterocycles. The summed E-state index contributed by atoms with van der Waals surface area (Å²) < 4.78 is 13.1. The number of nitrogens with one attached hydrogen (secondary N) is 1. The van der Waals surface area contributed by atoms with Gasteiger partial charge in [0.1, 0.15) is 5.82 Å². The predicted molar refractivity (Wildman–Crippen MR) is 72.1 cm³/mol. The molecule has 1 saturated carbocycles. The second-order valence-electron chi connectivity index (χ2n) is 5.85. The number of rotatable bonds is 2. The number of hydrogen-bond donors (Lipinski definition) is 2. The van der Waals surface area contributed by atoms with E-state index in [-0.39, 0.29) is 17.4 Å². The number of halogens is 1. The summed E-state index contributed by atoms with van der Waals surface area (Å²) in [6.45, 7) is 6.10. The van der Waals surface area contributed by atoms with E-state index in [1.807, 2.05) is 26.8 Å². The van der Waals surface area contributed by atoms with E-state index in [1.165, 1.54) is 6.07 Å². The summed E-state index contributed by atoms with van der Waals surface area (Å²) in [5.74, 6) is 0.579.